The predicted molar refractivity (Wildman–Crippen MR) is 85.6 cm³/mol. The molecule has 5 nitrogen and oxygen atoms in total. The third kappa shape index (κ3) is 2.87. The van der Waals surface area contributed by atoms with Crippen molar-refractivity contribution in [3.8, 4) is 11.8 Å². The van der Waals surface area contributed by atoms with Crippen LogP contribution >= 0.6 is 11.6 Å². The number of carbonyl (C=O) groups excluding carboxylic acids is 1. The molecule has 0 radical (unpaired) electrons. The number of benzene rings is 1. The molecule has 2 N–H and O–H groups in total. The first-order chi connectivity index (χ1) is 10.3. The number of amides is 1. The quantitative estimate of drug-likeness (QED) is 0.698. The number of hydrogen-bond acceptors (Lipinski definition) is 3. The van der Waals surface area contributed by atoms with Crippen molar-refractivity contribution in [2.24, 2.45) is 5.73 Å². The lowest BCUT2D eigenvalue weighted by Crippen LogP contribution is -2.12. The summed E-state index contributed by atoms with van der Waals surface area (Å²) in [6.45, 7) is 5.70. The van der Waals surface area contributed by atoms with Gasteiger partial charge in [-0.1, -0.05) is 23.7 Å². The number of primary amides is 1. The van der Waals surface area contributed by atoms with Gasteiger partial charge in [-0.3, -0.25) is 4.79 Å². The van der Waals surface area contributed by atoms with Crippen LogP contribution in [0.4, 0.5) is 0 Å². The van der Waals surface area contributed by atoms with Gasteiger partial charge in [-0.2, -0.15) is 10.4 Å². The van der Waals surface area contributed by atoms with Crippen LogP contribution < -0.4 is 5.73 Å². The van der Waals surface area contributed by atoms with Crippen LogP contribution in [0.25, 0.3) is 11.8 Å². The van der Waals surface area contributed by atoms with Crippen LogP contribution in [0.15, 0.2) is 23.8 Å². The molecule has 1 aromatic heterocycles. The first kappa shape index (κ1) is 15.8. The fraction of sp³-hybridized carbons (Fsp3) is 0.188. The zero-order valence-corrected chi connectivity index (χ0v) is 13.3. The molecule has 0 saturated heterocycles. The Bertz CT molecular complexity index is 827. The lowest BCUT2D eigenvalue weighted by molar-refractivity contribution is -0.114. The monoisotopic (exact) mass is 314 g/mol. The van der Waals surface area contributed by atoms with Gasteiger partial charge in [-0.25, -0.2) is 4.68 Å². The molecule has 0 unspecified atom stereocenters. The fourth-order valence-electron chi connectivity index (χ4n) is 2.09. The van der Waals surface area contributed by atoms with E-state index >= 15 is 0 Å². The highest BCUT2D eigenvalue weighted by atomic mass is 35.5. The summed E-state index contributed by atoms with van der Waals surface area (Å²) < 4.78 is 1.60. The molecule has 0 aliphatic carbocycles. The molecule has 22 heavy (non-hydrogen) atoms. The van der Waals surface area contributed by atoms with Gasteiger partial charge < -0.3 is 5.73 Å². The fourth-order valence-corrected chi connectivity index (χ4v) is 2.41. The van der Waals surface area contributed by atoms with Crippen LogP contribution in [0, 0.1) is 32.1 Å². The molecule has 0 spiro atoms. The molecule has 0 atom stereocenters. The maximum absolute atomic E-state index is 11.2. The van der Waals surface area contributed by atoms with Crippen molar-refractivity contribution in [3.05, 3.63) is 51.3 Å². The summed E-state index contributed by atoms with van der Waals surface area (Å²) in [7, 11) is 0. The highest BCUT2D eigenvalue weighted by molar-refractivity contribution is 6.31. The Labute approximate surface area is 133 Å². The Hall–Kier alpha value is -2.58. The number of rotatable bonds is 3. The number of nitriles is 1. The lowest BCUT2D eigenvalue weighted by atomic mass is 10.1. The van der Waals surface area contributed by atoms with Crippen molar-refractivity contribution in [1.82, 2.24) is 9.78 Å². The predicted octanol–water partition coefficient (Wildman–Crippen LogP) is 2.84. The molecule has 2 rings (SSSR count). The Kier molecular flexibility index (Phi) is 4.34. The average molecular weight is 315 g/mol. The van der Waals surface area contributed by atoms with E-state index in [1.54, 1.807) is 17.7 Å². The topological polar surface area (TPSA) is 84.7 Å². The Morgan fingerprint density at radius 1 is 1.41 bits per heavy atom. The Morgan fingerprint density at radius 2 is 2.09 bits per heavy atom. The molecule has 0 saturated carbocycles. The van der Waals surface area contributed by atoms with E-state index < -0.39 is 5.91 Å². The van der Waals surface area contributed by atoms with Gasteiger partial charge in [0.2, 0.25) is 0 Å². The first-order valence-corrected chi connectivity index (χ1v) is 6.97. The summed E-state index contributed by atoms with van der Waals surface area (Å²) in [5.41, 5.74) is 9.07. The summed E-state index contributed by atoms with van der Waals surface area (Å²) in [6.07, 6.45) is 1.37. The average Bonchev–Trinajstić information content (AvgIpc) is 2.74. The van der Waals surface area contributed by atoms with E-state index in [0.717, 1.165) is 16.8 Å². The summed E-state index contributed by atoms with van der Waals surface area (Å²) >= 11 is 6.39. The third-order valence-corrected chi connectivity index (χ3v) is 3.68. The molecule has 0 fully saturated rings. The Morgan fingerprint density at radius 3 is 2.68 bits per heavy atom. The number of nitrogens with zero attached hydrogens (tertiary/aromatic N) is 3. The highest BCUT2D eigenvalue weighted by Crippen LogP contribution is 2.27. The van der Waals surface area contributed by atoms with Crippen molar-refractivity contribution in [2.75, 3.05) is 0 Å². The van der Waals surface area contributed by atoms with E-state index in [-0.39, 0.29) is 5.57 Å². The SMILES string of the molecule is Cc1ccc(C)c(-n2nc(C)c(/C=C(\C#N)C(N)=O)c2Cl)c1. The van der Waals surface area contributed by atoms with E-state index in [0.29, 0.717) is 16.4 Å². The molecule has 112 valence electrons. The molecule has 0 aliphatic rings. The van der Waals surface area contributed by atoms with Crippen molar-refractivity contribution < 1.29 is 4.79 Å². The van der Waals surface area contributed by atoms with Crippen LogP contribution in [0.1, 0.15) is 22.4 Å². The molecular weight excluding hydrogens is 300 g/mol. The van der Waals surface area contributed by atoms with Crippen LogP contribution in [0.2, 0.25) is 5.15 Å². The minimum Gasteiger partial charge on any atom is -0.365 e. The second-order valence-corrected chi connectivity index (χ2v) is 5.38. The van der Waals surface area contributed by atoms with Gasteiger partial charge >= 0.3 is 0 Å². The third-order valence-electron chi connectivity index (χ3n) is 3.32. The van der Waals surface area contributed by atoms with Crippen molar-refractivity contribution in [1.29, 1.82) is 5.26 Å². The van der Waals surface area contributed by atoms with E-state index in [1.165, 1.54) is 6.08 Å². The van der Waals surface area contributed by atoms with E-state index in [1.807, 2.05) is 32.0 Å². The molecule has 1 heterocycles. The number of aryl methyl sites for hydroxylation is 3. The lowest BCUT2D eigenvalue weighted by Gasteiger charge is -2.08. The zero-order valence-electron chi connectivity index (χ0n) is 12.5. The van der Waals surface area contributed by atoms with Crippen LogP contribution in [-0.2, 0) is 4.79 Å². The van der Waals surface area contributed by atoms with Crippen molar-refractivity contribution in [2.45, 2.75) is 20.8 Å². The van der Waals surface area contributed by atoms with Crippen LogP contribution in [0.5, 0.6) is 0 Å². The van der Waals surface area contributed by atoms with Gasteiger partial charge in [0, 0.05) is 5.56 Å². The van der Waals surface area contributed by atoms with Gasteiger partial charge in [-0.15, -0.1) is 0 Å². The van der Waals surface area contributed by atoms with Gasteiger partial charge in [0.25, 0.3) is 5.91 Å². The molecule has 6 heteroatoms. The number of aromatic nitrogens is 2. The molecule has 0 bridgehead atoms. The normalized spacial score (nSPS) is 11.3. The zero-order chi connectivity index (χ0) is 16.4. The summed E-state index contributed by atoms with van der Waals surface area (Å²) in [5, 5.41) is 13.7. The van der Waals surface area contributed by atoms with Gasteiger partial charge in [0.15, 0.2) is 0 Å². The first-order valence-electron chi connectivity index (χ1n) is 6.59. The number of hydrogen-bond donors (Lipinski definition) is 1. The minimum atomic E-state index is -0.794. The number of nitrogens with two attached hydrogens (primary N) is 1. The summed E-state index contributed by atoms with van der Waals surface area (Å²) in [5.74, 6) is -0.794. The Balaban J connectivity index is 2.64. The van der Waals surface area contributed by atoms with E-state index in [9.17, 15) is 4.79 Å². The molecule has 0 aliphatic heterocycles. The van der Waals surface area contributed by atoms with Crippen molar-refractivity contribution >= 4 is 23.6 Å². The van der Waals surface area contributed by atoms with Crippen LogP contribution in [0.3, 0.4) is 0 Å². The van der Waals surface area contributed by atoms with Crippen LogP contribution in [-0.4, -0.2) is 15.7 Å². The smallest absolute Gasteiger partial charge is 0.259 e. The number of halogens is 1. The van der Waals surface area contributed by atoms with Gasteiger partial charge in [0.1, 0.15) is 16.8 Å². The van der Waals surface area contributed by atoms with Crippen molar-refractivity contribution in [3.63, 3.8) is 0 Å². The second-order valence-electron chi connectivity index (χ2n) is 5.03. The van der Waals surface area contributed by atoms with E-state index in [2.05, 4.69) is 5.10 Å². The maximum atomic E-state index is 11.2. The largest absolute Gasteiger partial charge is 0.365 e. The minimum absolute atomic E-state index is 0.162. The molecular formula is C16H15ClN4O. The molecule has 1 amide bonds. The van der Waals surface area contributed by atoms with Gasteiger partial charge in [-0.05, 0) is 44.0 Å². The second kappa shape index (κ2) is 6.04. The highest BCUT2D eigenvalue weighted by Gasteiger charge is 2.16. The summed E-state index contributed by atoms with van der Waals surface area (Å²) in [6, 6.07) is 7.73. The van der Waals surface area contributed by atoms with Gasteiger partial charge in [0.05, 0.1) is 11.4 Å². The molecule has 1 aromatic carbocycles. The maximum Gasteiger partial charge on any atom is 0.259 e. The molecule has 2 aromatic rings. The summed E-state index contributed by atoms with van der Waals surface area (Å²) in [4.78, 5) is 11.2. The number of carbonyl (C=O) groups is 1. The standard InChI is InChI=1S/C16H15ClN4O/c1-9-4-5-10(2)14(6-9)21-15(17)13(11(3)20-21)7-12(8-18)16(19)22/h4-7H,1-3H3,(H2,19,22)/b12-7+. The van der Waals surface area contributed by atoms with E-state index in [4.69, 9.17) is 22.6 Å².